The maximum Gasteiger partial charge on any atom is 0.271 e. The summed E-state index contributed by atoms with van der Waals surface area (Å²) in [6.45, 7) is 2.80. The van der Waals surface area contributed by atoms with Gasteiger partial charge in [-0.3, -0.25) is 4.79 Å². The van der Waals surface area contributed by atoms with Gasteiger partial charge in [0.1, 0.15) is 6.61 Å². The van der Waals surface area contributed by atoms with Crippen LogP contribution in [0.15, 0.2) is 90.0 Å². The number of amides is 1. The number of nitrogens with one attached hydrogen (secondary N) is 1. The highest BCUT2D eigenvalue weighted by Gasteiger charge is 2.09. The van der Waals surface area contributed by atoms with E-state index in [2.05, 4.69) is 10.5 Å². The Labute approximate surface area is 197 Å². The lowest BCUT2D eigenvalue weighted by Crippen LogP contribution is -2.17. The molecule has 1 N–H and O–H groups in total. The molecular weight excluding hydrogens is 436 g/mol. The molecule has 0 unspecified atom stereocenters. The van der Waals surface area contributed by atoms with Crippen LogP contribution in [-0.2, 0) is 6.61 Å². The zero-order chi connectivity index (χ0) is 23.0. The SMILES string of the molecule is CCOc1cc(/C=N/NC(=O)c2cccc3ccccc23)ccc1OCc1ccc(Cl)cc1. The summed E-state index contributed by atoms with van der Waals surface area (Å²) in [5, 5.41) is 6.70. The van der Waals surface area contributed by atoms with Gasteiger partial charge in [-0.25, -0.2) is 5.43 Å². The molecule has 4 aromatic rings. The standard InChI is InChI=1S/C27H23ClN2O3/c1-2-32-26-16-20(12-15-25(26)33-18-19-10-13-22(28)14-11-19)17-29-30-27(31)24-9-5-7-21-6-3-4-8-23(21)24/h3-17H,2,18H2,1H3,(H,30,31)/b29-17+. The lowest BCUT2D eigenvalue weighted by atomic mass is 10.0. The van der Waals surface area contributed by atoms with Crippen molar-refractivity contribution in [1.29, 1.82) is 0 Å². The van der Waals surface area contributed by atoms with Gasteiger partial charge < -0.3 is 9.47 Å². The quantitative estimate of drug-likeness (QED) is 0.251. The van der Waals surface area contributed by atoms with Crippen LogP contribution in [0.3, 0.4) is 0 Å². The third kappa shape index (κ3) is 5.70. The fourth-order valence-corrected chi connectivity index (χ4v) is 3.51. The van der Waals surface area contributed by atoms with Crippen molar-refractivity contribution in [2.75, 3.05) is 6.61 Å². The van der Waals surface area contributed by atoms with Gasteiger partial charge in [0.2, 0.25) is 0 Å². The van der Waals surface area contributed by atoms with Gasteiger partial charge in [0, 0.05) is 10.6 Å². The number of halogens is 1. The summed E-state index contributed by atoms with van der Waals surface area (Å²) >= 11 is 5.93. The number of hydrazone groups is 1. The highest BCUT2D eigenvalue weighted by atomic mass is 35.5. The Morgan fingerprint density at radius 1 is 0.939 bits per heavy atom. The minimum absolute atomic E-state index is 0.268. The highest BCUT2D eigenvalue weighted by Crippen LogP contribution is 2.29. The second-order valence-electron chi connectivity index (χ2n) is 7.28. The van der Waals surface area contributed by atoms with Crippen LogP contribution in [0, 0.1) is 0 Å². The first-order chi connectivity index (χ1) is 16.1. The predicted octanol–water partition coefficient (Wildman–Crippen LogP) is 6.23. The van der Waals surface area contributed by atoms with E-state index < -0.39 is 0 Å². The van der Waals surface area contributed by atoms with Crippen LogP contribution in [-0.4, -0.2) is 18.7 Å². The van der Waals surface area contributed by atoms with Crippen molar-refractivity contribution < 1.29 is 14.3 Å². The van der Waals surface area contributed by atoms with E-state index in [1.54, 1.807) is 12.3 Å². The number of hydrogen-bond donors (Lipinski definition) is 1. The lowest BCUT2D eigenvalue weighted by molar-refractivity contribution is 0.0957. The molecule has 0 spiro atoms. The van der Waals surface area contributed by atoms with Crippen molar-refractivity contribution in [1.82, 2.24) is 5.43 Å². The summed E-state index contributed by atoms with van der Waals surface area (Å²) in [6.07, 6.45) is 1.58. The van der Waals surface area contributed by atoms with Crippen LogP contribution in [0.2, 0.25) is 5.02 Å². The number of carbonyl (C=O) groups is 1. The number of fused-ring (bicyclic) bond motifs is 1. The number of rotatable bonds is 8. The molecule has 5 nitrogen and oxygen atoms in total. The summed E-state index contributed by atoms with van der Waals surface area (Å²) in [4.78, 5) is 12.6. The molecule has 166 valence electrons. The largest absolute Gasteiger partial charge is 0.490 e. The second kappa shape index (κ2) is 10.7. The summed E-state index contributed by atoms with van der Waals surface area (Å²) in [5.41, 5.74) is 4.96. The fraction of sp³-hybridized carbons (Fsp3) is 0.111. The monoisotopic (exact) mass is 458 g/mol. The molecule has 4 rings (SSSR count). The molecule has 0 aliphatic rings. The zero-order valence-electron chi connectivity index (χ0n) is 18.1. The van der Waals surface area contributed by atoms with Crippen LogP contribution in [0.25, 0.3) is 10.8 Å². The molecule has 0 radical (unpaired) electrons. The highest BCUT2D eigenvalue weighted by molar-refractivity contribution is 6.30. The molecule has 0 aliphatic heterocycles. The Kier molecular flexibility index (Phi) is 7.22. The maximum absolute atomic E-state index is 12.6. The molecule has 6 heteroatoms. The Bertz CT molecular complexity index is 1280. The minimum Gasteiger partial charge on any atom is -0.490 e. The van der Waals surface area contributed by atoms with Gasteiger partial charge in [-0.2, -0.15) is 5.10 Å². The fourth-order valence-electron chi connectivity index (χ4n) is 3.38. The van der Waals surface area contributed by atoms with Gasteiger partial charge >= 0.3 is 0 Å². The third-order valence-corrected chi connectivity index (χ3v) is 5.24. The normalized spacial score (nSPS) is 11.0. The molecule has 4 aromatic carbocycles. The molecule has 0 saturated heterocycles. The topological polar surface area (TPSA) is 59.9 Å². The molecular formula is C27H23ClN2O3. The van der Waals surface area contributed by atoms with Crippen molar-refractivity contribution in [3.8, 4) is 11.5 Å². The molecule has 0 heterocycles. The van der Waals surface area contributed by atoms with Gasteiger partial charge in [-0.15, -0.1) is 0 Å². The van der Waals surface area contributed by atoms with E-state index in [0.29, 0.717) is 35.3 Å². The van der Waals surface area contributed by atoms with Crippen molar-refractivity contribution >= 4 is 34.5 Å². The van der Waals surface area contributed by atoms with Crippen LogP contribution in [0.1, 0.15) is 28.4 Å². The molecule has 1 amide bonds. The van der Waals surface area contributed by atoms with E-state index in [9.17, 15) is 4.79 Å². The molecule has 0 aromatic heterocycles. The smallest absolute Gasteiger partial charge is 0.271 e. The number of benzene rings is 4. The molecule has 0 fully saturated rings. The van der Waals surface area contributed by atoms with E-state index >= 15 is 0 Å². The van der Waals surface area contributed by atoms with Crippen LogP contribution >= 0.6 is 11.6 Å². The zero-order valence-corrected chi connectivity index (χ0v) is 18.9. The first kappa shape index (κ1) is 22.4. The van der Waals surface area contributed by atoms with Crippen molar-refractivity contribution in [2.24, 2.45) is 5.10 Å². The number of ether oxygens (including phenoxy) is 2. The molecule has 0 saturated carbocycles. The maximum atomic E-state index is 12.6. The van der Waals surface area contributed by atoms with E-state index in [0.717, 1.165) is 21.9 Å². The van der Waals surface area contributed by atoms with Gasteiger partial charge in [0.15, 0.2) is 11.5 Å². The number of carbonyl (C=O) groups excluding carboxylic acids is 1. The summed E-state index contributed by atoms with van der Waals surface area (Å²) in [5.74, 6) is 0.968. The van der Waals surface area contributed by atoms with Gasteiger partial charge in [-0.05, 0) is 65.2 Å². The summed E-state index contributed by atoms with van der Waals surface area (Å²) in [7, 11) is 0. The average molecular weight is 459 g/mol. The van der Waals surface area contributed by atoms with Gasteiger partial charge in [0.25, 0.3) is 5.91 Å². The van der Waals surface area contributed by atoms with E-state index in [1.807, 2.05) is 85.8 Å². The molecule has 0 bridgehead atoms. The van der Waals surface area contributed by atoms with Crippen molar-refractivity contribution in [3.63, 3.8) is 0 Å². The van der Waals surface area contributed by atoms with E-state index in [-0.39, 0.29) is 5.91 Å². The van der Waals surface area contributed by atoms with Gasteiger partial charge in [0.05, 0.1) is 12.8 Å². The summed E-state index contributed by atoms with van der Waals surface area (Å²) in [6, 6.07) is 26.4. The Morgan fingerprint density at radius 3 is 2.55 bits per heavy atom. The minimum atomic E-state index is -0.268. The first-order valence-corrected chi connectivity index (χ1v) is 11.0. The Balaban J connectivity index is 1.44. The molecule has 0 aliphatic carbocycles. The predicted molar refractivity (Wildman–Crippen MR) is 132 cm³/mol. The van der Waals surface area contributed by atoms with Gasteiger partial charge in [-0.1, -0.05) is 60.1 Å². The first-order valence-electron chi connectivity index (χ1n) is 10.6. The van der Waals surface area contributed by atoms with E-state index in [1.165, 1.54) is 0 Å². The number of nitrogens with zero attached hydrogens (tertiary/aromatic N) is 1. The van der Waals surface area contributed by atoms with Crippen molar-refractivity contribution in [3.05, 3.63) is 107 Å². The summed E-state index contributed by atoms with van der Waals surface area (Å²) < 4.78 is 11.7. The number of hydrogen-bond acceptors (Lipinski definition) is 4. The lowest BCUT2D eigenvalue weighted by Gasteiger charge is -2.12. The van der Waals surface area contributed by atoms with Crippen LogP contribution < -0.4 is 14.9 Å². The van der Waals surface area contributed by atoms with Crippen LogP contribution in [0.4, 0.5) is 0 Å². The van der Waals surface area contributed by atoms with Crippen molar-refractivity contribution in [2.45, 2.75) is 13.5 Å². The Hall–Kier alpha value is -3.83. The third-order valence-electron chi connectivity index (χ3n) is 4.99. The molecule has 0 atom stereocenters. The Morgan fingerprint density at radius 2 is 1.73 bits per heavy atom. The van der Waals surface area contributed by atoms with Crippen LogP contribution in [0.5, 0.6) is 11.5 Å². The van der Waals surface area contributed by atoms with E-state index in [4.69, 9.17) is 21.1 Å². The molecule has 33 heavy (non-hydrogen) atoms. The second-order valence-corrected chi connectivity index (χ2v) is 7.72. The average Bonchev–Trinajstić information content (AvgIpc) is 2.84.